The van der Waals surface area contributed by atoms with Crippen molar-refractivity contribution in [2.45, 2.75) is 30.9 Å². The second-order valence-electron chi connectivity index (χ2n) is 6.86. The minimum Gasteiger partial charge on any atom is -0.381 e. The van der Waals surface area contributed by atoms with E-state index in [1.807, 2.05) is 24.3 Å². The van der Waals surface area contributed by atoms with Gasteiger partial charge in [0.15, 0.2) is 0 Å². The van der Waals surface area contributed by atoms with Crippen molar-refractivity contribution in [2.75, 3.05) is 19.8 Å². The minimum atomic E-state index is -4.40. The van der Waals surface area contributed by atoms with E-state index in [0.717, 1.165) is 16.1 Å². The highest BCUT2D eigenvalue weighted by Gasteiger charge is 2.41. The van der Waals surface area contributed by atoms with E-state index in [-0.39, 0.29) is 24.4 Å². The Labute approximate surface area is 170 Å². The summed E-state index contributed by atoms with van der Waals surface area (Å²) in [5.74, 6) is -0.164. The Bertz CT molecular complexity index is 815. The minimum absolute atomic E-state index is 0.119. The third kappa shape index (κ3) is 4.58. The molecular weight excluding hydrogens is 435 g/mol. The molecule has 0 bridgehead atoms. The van der Waals surface area contributed by atoms with Crippen molar-refractivity contribution in [3.63, 3.8) is 0 Å². The second-order valence-corrected chi connectivity index (χ2v) is 7.78. The quantitative estimate of drug-likeness (QED) is 0.697. The van der Waals surface area contributed by atoms with E-state index in [9.17, 15) is 18.0 Å². The summed E-state index contributed by atoms with van der Waals surface area (Å²) in [5.41, 5.74) is -0.298. The molecule has 1 amide bonds. The van der Waals surface area contributed by atoms with E-state index < -0.39 is 17.2 Å². The van der Waals surface area contributed by atoms with E-state index in [2.05, 4.69) is 21.2 Å². The number of amides is 1. The van der Waals surface area contributed by atoms with E-state index >= 15 is 0 Å². The molecule has 1 aliphatic rings. The van der Waals surface area contributed by atoms with Gasteiger partial charge in [-0.25, -0.2) is 0 Å². The molecular formula is C21H21BrF3NO2. The van der Waals surface area contributed by atoms with Crippen LogP contribution in [0.2, 0.25) is 0 Å². The number of hydrogen-bond acceptors (Lipinski definition) is 2. The fourth-order valence-corrected chi connectivity index (χ4v) is 3.89. The number of carbonyl (C=O) groups excluding carboxylic acids is 1. The Morgan fingerprint density at radius 2 is 1.71 bits per heavy atom. The number of hydrogen-bond donors (Lipinski definition) is 1. The Morgan fingerprint density at radius 1 is 1.07 bits per heavy atom. The van der Waals surface area contributed by atoms with Gasteiger partial charge in [-0.05, 0) is 48.6 Å². The first-order valence-corrected chi connectivity index (χ1v) is 9.89. The lowest BCUT2D eigenvalue weighted by Crippen LogP contribution is -2.48. The zero-order valence-corrected chi connectivity index (χ0v) is 16.8. The summed E-state index contributed by atoms with van der Waals surface area (Å²) in [6, 6.07) is 13.1. The first-order chi connectivity index (χ1) is 13.3. The van der Waals surface area contributed by atoms with Crippen LogP contribution in [0.25, 0.3) is 0 Å². The van der Waals surface area contributed by atoms with E-state index in [0.29, 0.717) is 26.1 Å². The van der Waals surface area contributed by atoms with Gasteiger partial charge in [0, 0.05) is 24.2 Å². The summed E-state index contributed by atoms with van der Waals surface area (Å²) < 4.78 is 45.8. The van der Waals surface area contributed by atoms with Crippen LogP contribution >= 0.6 is 15.9 Å². The lowest BCUT2D eigenvalue weighted by molar-refractivity contribution is -0.138. The van der Waals surface area contributed by atoms with Crippen molar-refractivity contribution >= 4 is 21.8 Å². The van der Waals surface area contributed by atoms with Crippen molar-refractivity contribution in [1.82, 2.24) is 5.32 Å². The molecule has 1 aliphatic heterocycles. The molecule has 2 aromatic rings. The standard InChI is InChI=1S/C21H21BrF3NO2/c22-17-7-5-16(6-8-17)20(10-13-28-14-11-20)19(27)26-12-9-15-3-1-2-4-18(15)21(23,24)25/h1-8H,9-14H2,(H,26,27). The number of alkyl halides is 3. The fraction of sp³-hybridized carbons (Fsp3) is 0.381. The van der Waals surface area contributed by atoms with Gasteiger partial charge in [-0.15, -0.1) is 0 Å². The maximum Gasteiger partial charge on any atom is 0.416 e. The fourth-order valence-electron chi connectivity index (χ4n) is 3.63. The number of nitrogens with one attached hydrogen (secondary N) is 1. The number of benzene rings is 2. The molecule has 3 rings (SSSR count). The van der Waals surface area contributed by atoms with Gasteiger partial charge in [0.25, 0.3) is 0 Å². The summed E-state index contributed by atoms with van der Waals surface area (Å²) in [5, 5.41) is 2.86. The Balaban J connectivity index is 1.73. The monoisotopic (exact) mass is 455 g/mol. The van der Waals surface area contributed by atoms with Crippen LogP contribution in [0.5, 0.6) is 0 Å². The molecule has 0 aromatic heterocycles. The van der Waals surface area contributed by atoms with Gasteiger partial charge in [-0.3, -0.25) is 4.79 Å². The smallest absolute Gasteiger partial charge is 0.381 e. The van der Waals surface area contributed by atoms with E-state index in [1.165, 1.54) is 12.1 Å². The van der Waals surface area contributed by atoms with Crippen LogP contribution in [-0.2, 0) is 27.5 Å². The summed E-state index contributed by atoms with van der Waals surface area (Å²) >= 11 is 3.40. The normalized spacial score (nSPS) is 16.6. The Hall–Kier alpha value is -1.86. The Morgan fingerprint density at radius 3 is 2.36 bits per heavy atom. The summed E-state index contributed by atoms with van der Waals surface area (Å²) in [4.78, 5) is 13.1. The molecule has 150 valence electrons. The highest BCUT2D eigenvalue weighted by molar-refractivity contribution is 9.10. The van der Waals surface area contributed by atoms with Crippen molar-refractivity contribution in [1.29, 1.82) is 0 Å². The average molecular weight is 456 g/mol. The van der Waals surface area contributed by atoms with Gasteiger partial charge in [-0.2, -0.15) is 13.2 Å². The maximum atomic E-state index is 13.1. The molecule has 2 aromatic carbocycles. The van der Waals surface area contributed by atoms with E-state index in [4.69, 9.17) is 4.74 Å². The first kappa shape index (κ1) is 20.9. The van der Waals surface area contributed by atoms with E-state index in [1.54, 1.807) is 6.07 Å². The lowest BCUT2D eigenvalue weighted by atomic mass is 9.73. The largest absolute Gasteiger partial charge is 0.416 e. The van der Waals surface area contributed by atoms with Crippen LogP contribution in [0.1, 0.15) is 29.5 Å². The molecule has 3 nitrogen and oxygen atoms in total. The molecule has 1 heterocycles. The van der Waals surface area contributed by atoms with Gasteiger partial charge in [0.05, 0.1) is 11.0 Å². The molecule has 1 N–H and O–H groups in total. The van der Waals surface area contributed by atoms with Crippen LogP contribution in [0.4, 0.5) is 13.2 Å². The third-order valence-electron chi connectivity index (χ3n) is 5.18. The van der Waals surface area contributed by atoms with Crippen molar-refractivity contribution < 1.29 is 22.7 Å². The zero-order valence-electron chi connectivity index (χ0n) is 15.2. The van der Waals surface area contributed by atoms with Gasteiger partial charge in [0.2, 0.25) is 5.91 Å². The number of rotatable bonds is 5. The van der Waals surface area contributed by atoms with Crippen molar-refractivity contribution in [3.8, 4) is 0 Å². The predicted molar refractivity (Wildman–Crippen MR) is 104 cm³/mol. The van der Waals surface area contributed by atoms with Gasteiger partial charge < -0.3 is 10.1 Å². The predicted octanol–water partition coefficient (Wildman–Crippen LogP) is 4.88. The summed E-state index contributed by atoms with van der Waals surface area (Å²) in [6.45, 7) is 1.09. The van der Waals surface area contributed by atoms with Gasteiger partial charge >= 0.3 is 6.18 Å². The molecule has 28 heavy (non-hydrogen) atoms. The second kappa shape index (κ2) is 8.66. The zero-order chi connectivity index (χ0) is 20.2. The van der Waals surface area contributed by atoms with Crippen LogP contribution in [-0.4, -0.2) is 25.7 Å². The molecule has 0 atom stereocenters. The first-order valence-electron chi connectivity index (χ1n) is 9.10. The number of halogens is 4. The SMILES string of the molecule is O=C(NCCc1ccccc1C(F)(F)F)C1(c2ccc(Br)cc2)CCOCC1. The van der Waals surface area contributed by atoms with Crippen LogP contribution < -0.4 is 5.32 Å². The maximum absolute atomic E-state index is 13.1. The lowest BCUT2D eigenvalue weighted by Gasteiger charge is -2.36. The third-order valence-corrected chi connectivity index (χ3v) is 5.71. The molecule has 0 saturated carbocycles. The number of ether oxygens (including phenoxy) is 1. The molecule has 7 heteroatoms. The molecule has 1 saturated heterocycles. The van der Waals surface area contributed by atoms with Crippen molar-refractivity contribution in [3.05, 3.63) is 69.7 Å². The number of carbonyl (C=O) groups is 1. The topological polar surface area (TPSA) is 38.3 Å². The van der Waals surface area contributed by atoms with Gasteiger partial charge in [0.1, 0.15) is 0 Å². The highest BCUT2D eigenvalue weighted by atomic mass is 79.9. The molecule has 0 radical (unpaired) electrons. The highest BCUT2D eigenvalue weighted by Crippen LogP contribution is 2.36. The molecule has 0 aliphatic carbocycles. The summed E-state index contributed by atoms with van der Waals surface area (Å²) in [6.07, 6.45) is -3.20. The summed E-state index contributed by atoms with van der Waals surface area (Å²) in [7, 11) is 0. The van der Waals surface area contributed by atoms with Crippen LogP contribution in [0, 0.1) is 0 Å². The average Bonchev–Trinajstić information content (AvgIpc) is 2.68. The Kier molecular flexibility index (Phi) is 6.45. The molecule has 0 unspecified atom stereocenters. The van der Waals surface area contributed by atoms with Crippen molar-refractivity contribution in [2.24, 2.45) is 0 Å². The van der Waals surface area contributed by atoms with Gasteiger partial charge in [-0.1, -0.05) is 46.3 Å². The van der Waals surface area contributed by atoms with Crippen LogP contribution in [0.15, 0.2) is 53.0 Å². The molecule has 1 fully saturated rings. The van der Waals surface area contributed by atoms with Crippen LogP contribution in [0.3, 0.4) is 0 Å². The molecule has 0 spiro atoms.